The average Bonchev–Trinajstić information content (AvgIpc) is 2.50. The van der Waals surface area contributed by atoms with Crippen LogP contribution in [0.5, 0.6) is 0 Å². The van der Waals surface area contributed by atoms with Crippen LogP contribution in [0.4, 0.5) is 11.4 Å². The summed E-state index contributed by atoms with van der Waals surface area (Å²) >= 11 is 11.5. The summed E-state index contributed by atoms with van der Waals surface area (Å²) in [7, 11) is -1.43. The first-order valence-electron chi connectivity index (χ1n) is 6.18. The maximum Gasteiger partial charge on any atom is 0.288 e. The molecule has 0 heterocycles. The van der Waals surface area contributed by atoms with Crippen LogP contribution in [0.2, 0.25) is 10.0 Å². The minimum absolute atomic E-state index is 0.0412. The second-order valence-electron chi connectivity index (χ2n) is 4.55. The second-order valence-corrected chi connectivity index (χ2v) is 6.30. The van der Waals surface area contributed by atoms with E-state index in [4.69, 9.17) is 23.2 Å². The highest BCUT2D eigenvalue weighted by molar-refractivity contribution is 7.24. The van der Waals surface area contributed by atoms with E-state index in [9.17, 15) is 24.8 Å². The Labute approximate surface area is 141 Å². The van der Waals surface area contributed by atoms with Crippen molar-refractivity contribution in [2.45, 2.75) is 5.66 Å². The summed E-state index contributed by atoms with van der Waals surface area (Å²) in [4.78, 5) is 20.6. The Morgan fingerprint density at radius 3 is 1.57 bits per heavy atom. The van der Waals surface area contributed by atoms with Gasteiger partial charge in [-0.05, 0) is 23.3 Å². The second kappa shape index (κ2) is 7.08. The van der Waals surface area contributed by atoms with Gasteiger partial charge < -0.3 is 4.57 Å². The molecule has 0 saturated heterocycles. The van der Waals surface area contributed by atoms with Gasteiger partial charge in [0.05, 0.1) is 24.0 Å². The molecule has 2 rings (SSSR count). The molecule has 1 atom stereocenters. The van der Waals surface area contributed by atoms with Gasteiger partial charge >= 0.3 is 0 Å². The number of nitro benzene ring substituents is 2. The van der Waals surface area contributed by atoms with Crippen LogP contribution < -0.4 is 0 Å². The van der Waals surface area contributed by atoms with Crippen molar-refractivity contribution >= 4 is 43.0 Å². The standard InChI is InChI=1S/C13H9Cl2N2O5P/c14-9-3-1-7(5-11(9)16(18)19)13(23-22)8-2-4-10(15)12(6-8)17(20)21/h1-6,13H,23H2. The minimum atomic E-state index is -1.43. The number of rotatable bonds is 5. The van der Waals surface area contributed by atoms with Crippen molar-refractivity contribution in [3.8, 4) is 0 Å². The van der Waals surface area contributed by atoms with Gasteiger partial charge in [-0.15, -0.1) is 0 Å². The Morgan fingerprint density at radius 1 is 0.870 bits per heavy atom. The Morgan fingerprint density at radius 2 is 1.26 bits per heavy atom. The van der Waals surface area contributed by atoms with Gasteiger partial charge in [0, 0.05) is 12.1 Å². The number of hydrogen-bond donors (Lipinski definition) is 0. The van der Waals surface area contributed by atoms with Gasteiger partial charge in [-0.3, -0.25) is 20.2 Å². The maximum atomic E-state index is 11.6. The van der Waals surface area contributed by atoms with Gasteiger partial charge in [-0.25, -0.2) is 0 Å². The summed E-state index contributed by atoms with van der Waals surface area (Å²) < 4.78 is 11.6. The fraction of sp³-hybridized carbons (Fsp3) is 0.0769. The molecule has 0 aliphatic carbocycles. The van der Waals surface area contributed by atoms with Crippen molar-refractivity contribution in [3.05, 3.63) is 77.8 Å². The van der Waals surface area contributed by atoms with Crippen LogP contribution in [0.1, 0.15) is 16.8 Å². The van der Waals surface area contributed by atoms with Crippen LogP contribution in [0, 0.1) is 20.2 Å². The van der Waals surface area contributed by atoms with E-state index in [2.05, 4.69) is 0 Å². The first kappa shape index (κ1) is 17.4. The number of nitrogens with zero attached hydrogens (tertiary/aromatic N) is 2. The molecule has 2 aromatic carbocycles. The largest absolute Gasteiger partial charge is 0.329 e. The van der Waals surface area contributed by atoms with Crippen LogP contribution in [0.15, 0.2) is 36.4 Å². The van der Waals surface area contributed by atoms with Crippen molar-refractivity contribution in [3.63, 3.8) is 0 Å². The predicted octanol–water partition coefficient (Wildman–Crippen LogP) is 4.66. The molecule has 0 bridgehead atoms. The summed E-state index contributed by atoms with van der Waals surface area (Å²) in [6.45, 7) is 0. The SMILES string of the molecule is O=[PH2]C(c1ccc(Cl)c([N+](=O)[O-])c1)c1ccc(Cl)c([N+](=O)[O-])c1. The molecule has 0 aromatic heterocycles. The molecule has 10 heteroatoms. The minimum Gasteiger partial charge on any atom is -0.329 e. The van der Waals surface area contributed by atoms with Crippen LogP contribution in [0.25, 0.3) is 0 Å². The zero-order valence-corrected chi connectivity index (χ0v) is 14.0. The third kappa shape index (κ3) is 3.69. The lowest BCUT2D eigenvalue weighted by Crippen LogP contribution is -1.98. The molecule has 7 nitrogen and oxygen atoms in total. The highest BCUT2D eigenvalue weighted by atomic mass is 35.5. The van der Waals surface area contributed by atoms with Crippen LogP contribution >= 0.6 is 31.7 Å². The molecular weight excluding hydrogens is 366 g/mol. The smallest absolute Gasteiger partial charge is 0.288 e. The Balaban J connectivity index is 2.55. The highest BCUT2D eigenvalue weighted by Crippen LogP contribution is 2.39. The number of nitro groups is 2. The summed E-state index contributed by atoms with van der Waals surface area (Å²) in [6, 6.07) is 8.12. The molecule has 1 unspecified atom stereocenters. The Kier molecular flexibility index (Phi) is 5.36. The maximum absolute atomic E-state index is 11.6. The van der Waals surface area contributed by atoms with Crippen molar-refractivity contribution in [1.82, 2.24) is 0 Å². The molecule has 120 valence electrons. The molecular formula is C13H9Cl2N2O5P. The fourth-order valence-corrected chi connectivity index (χ4v) is 3.18. The molecule has 0 spiro atoms. The zero-order valence-electron chi connectivity index (χ0n) is 11.3. The van der Waals surface area contributed by atoms with E-state index < -0.39 is 24.0 Å². The van der Waals surface area contributed by atoms with Gasteiger partial charge in [-0.1, -0.05) is 35.3 Å². The summed E-state index contributed by atoms with van der Waals surface area (Å²) in [5, 5.41) is 21.8. The van der Waals surface area contributed by atoms with Crippen molar-refractivity contribution < 1.29 is 14.4 Å². The van der Waals surface area contributed by atoms with Gasteiger partial charge in [-0.2, -0.15) is 0 Å². The van der Waals surface area contributed by atoms with E-state index in [0.29, 0.717) is 11.1 Å². The zero-order chi connectivity index (χ0) is 17.1. The molecule has 2 aromatic rings. The summed E-state index contributed by atoms with van der Waals surface area (Å²) in [5.41, 5.74) is -0.552. The molecule has 0 fully saturated rings. The van der Waals surface area contributed by atoms with Crippen LogP contribution in [-0.2, 0) is 4.57 Å². The van der Waals surface area contributed by atoms with E-state index in [-0.39, 0.29) is 21.4 Å². The lowest BCUT2D eigenvalue weighted by Gasteiger charge is -2.12. The normalized spacial score (nSPS) is 11.3. The monoisotopic (exact) mass is 374 g/mol. The summed E-state index contributed by atoms with van der Waals surface area (Å²) in [5.74, 6) is 0. The van der Waals surface area contributed by atoms with E-state index in [0.717, 1.165) is 0 Å². The Bertz CT molecular complexity index is 751. The average molecular weight is 375 g/mol. The van der Waals surface area contributed by atoms with E-state index in [1.165, 1.54) is 36.4 Å². The molecule has 0 saturated carbocycles. The Hall–Kier alpha value is -1.95. The predicted molar refractivity (Wildman–Crippen MR) is 88.5 cm³/mol. The molecule has 23 heavy (non-hydrogen) atoms. The topological polar surface area (TPSA) is 103 Å². The van der Waals surface area contributed by atoms with Crippen LogP contribution in [-0.4, -0.2) is 9.85 Å². The molecule has 0 aliphatic heterocycles. The van der Waals surface area contributed by atoms with Crippen molar-refractivity contribution in [1.29, 1.82) is 0 Å². The van der Waals surface area contributed by atoms with Gasteiger partial charge in [0.15, 0.2) is 0 Å². The third-order valence-electron chi connectivity index (χ3n) is 3.19. The molecule has 0 N–H and O–H groups in total. The number of halogens is 2. The third-order valence-corrected chi connectivity index (χ3v) is 4.87. The van der Waals surface area contributed by atoms with E-state index in [1.807, 2.05) is 0 Å². The highest BCUT2D eigenvalue weighted by Gasteiger charge is 2.22. The lowest BCUT2D eigenvalue weighted by atomic mass is 10.0. The van der Waals surface area contributed by atoms with Crippen molar-refractivity contribution in [2.24, 2.45) is 0 Å². The summed E-state index contributed by atoms with van der Waals surface area (Å²) in [6.07, 6.45) is 0. The van der Waals surface area contributed by atoms with E-state index in [1.54, 1.807) is 0 Å². The van der Waals surface area contributed by atoms with Gasteiger partial charge in [0.2, 0.25) is 0 Å². The van der Waals surface area contributed by atoms with Crippen LogP contribution in [0.3, 0.4) is 0 Å². The molecule has 0 amide bonds. The fourth-order valence-electron chi connectivity index (χ4n) is 2.08. The van der Waals surface area contributed by atoms with Gasteiger partial charge in [0.1, 0.15) is 10.0 Å². The quantitative estimate of drug-likeness (QED) is 0.430. The lowest BCUT2D eigenvalue weighted by molar-refractivity contribution is -0.384. The first-order chi connectivity index (χ1) is 10.8. The first-order valence-corrected chi connectivity index (χ1v) is 8.07. The molecule has 0 aliphatic rings. The van der Waals surface area contributed by atoms with Crippen molar-refractivity contribution in [2.75, 3.05) is 0 Å². The molecule has 0 radical (unpaired) electrons. The van der Waals surface area contributed by atoms with Gasteiger partial charge in [0.25, 0.3) is 11.4 Å². The number of hydrogen-bond acceptors (Lipinski definition) is 5. The number of benzene rings is 2. The van der Waals surface area contributed by atoms with E-state index >= 15 is 0 Å².